The first-order valence-corrected chi connectivity index (χ1v) is 4.22. The Balaban J connectivity index is 2.60. The minimum Gasteiger partial charge on any atom is -0.384 e. The molecule has 0 spiro atoms. The molecule has 0 aliphatic carbocycles. The lowest BCUT2D eigenvalue weighted by Gasteiger charge is -2.05. The van der Waals surface area contributed by atoms with Gasteiger partial charge in [-0.2, -0.15) is 0 Å². The Morgan fingerprint density at radius 2 is 2.25 bits per heavy atom. The predicted octanol–water partition coefficient (Wildman–Crippen LogP) is 2.66. The zero-order valence-corrected chi connectivity index (χ0v) is 7.32. The Morgan fingerprint density at radius 3 is 3.00 bits per heavy atom. The molecule has 64 valence electrons. The Hall–Kier alpha value is -1.05. The molecule has 1 heterocycles. The van der Waals surface area contributed by atoms with Crippen LogP contribution in [0.4, 0.5) is 10.1 Å². The van der Waals surface area contributed by atoms with E-state index in [2.05, 4.69) is 12.2 Å². The number of hydrogen-bond donors (Lipinski definition) is 1. The first-order chi connectivity index (χ1) is 5.68. The van der Waals surface area contributed by atoms with Gasteiger partial charge in [0.1, 0.15) is 5.82 Å². The van der Waals surface area contributed by atoms with Crippen LogP contribution in [0.25, 0.3) is 0 Å². The Bertz CT molecular complexity index is 320. The standard InChI is InChI=1S/C10H12FN/c1-6-3-8(11)4-9-7(2)5-12-10(6)9/h3-4,7,12H,5H2,1-2H3. The van der Waals surface area contributed by atoms with Gasteiger partial charge in [-0.05, 0) is 30.2 Å². The molecule has 1 unspecified atom stereocenters. The van der Waals surface area contributed by atoms with Crippen LogP contribution < -0.4 is 5.32 Å². The summed E-state index contributed by atoms with van der Waals surface area (Å²) in [6.45, 7) is 4.98. The van der Waals surface area contributed by atoms with Crippen LogP contribution in [0.15, 0.2) is 12.1 Å². The summed E-state index contributed by atoms with van der Waals surface area (Å²) in [7, 11) is 0. The van der Waals surface area contributed by atoms with Crippen molar-refractivity contribution < 1.29 is 4.39 Å². The molecule has 1 nitrogen and oxygen atoms in total. The van der Waals surface area contributed by atoms with Crippen molar-refractivity contribution in [2.24, 2.45) is 0 Å². The summed E-state index contributed by atoms with van der Waals surface area (Å²) in [5, 5.41) is 3.28. The number of hydrogen-bond acceptors (Lipinski definition) is 1. The van der Waals surface area contributed by atoms with Gasteiger partial charge in [-0.15, -0.1) is 0 Å². The summed E-state index contributed by atoms with van der Waals surface area (Å²) in [5.41, 5.74) is 3.26. The van der Waals surface area contributed by atoms with Crippen LogP contribution >= 0.6 is 0 Å². The molecule has 2 rings (SSSR count). The molecule has 1 aromatic carbocycles. The van der Waals surface area contributed by atoms with E-state index in [9.17, 15) is 4.39 Å². The van der Waals surface area contributed by atoms with Crippen molar-refractivity contribution in [3.63, 3.8) is 0 Å². The monoisotopic (exact) mass is 165 g/mol. The molecule has 2 heteroatoms. The summed E-state index contributed by atoms with van der Waals surface area (Å²) >= 11 is 0. The van der Waals surface area contributed by atoms with E-state index in [-0.39, 0.29) is 5.82 Å². The van der Waals surface area contributed by atoms with Gasteiger partial charge in [-0.1, -0.05) is 6.92 Å². The van der Waals surface area contributed by atoms with Crippen LogP contribution in [-0.4, -0.2) is 6.54 Å². The fraction of sp³-hybridized carbons (Fsp3) is 0.400. The van der Waals surface area contributed by atoms with E-state index in [1.54, 1.807) is 12.1 Å². The largest absolute Gasteiger partial charge is 0.384 e. The maximum Gasteiger partial charge on any atom is 0.123 e. The van der Waals surface area contributed by atoms with E-state index in [0.29, 0.717) is 5.92 Å². The fourth-order valence-corrected chi connectivity index (χ4v) is 1.76. The SMILES string of the molecule is Cc1cc(F)cc2c1NCC2C. The number of halogens is 1. The van der Waals surface area contributed by atoms with E-state index in [1.165, 1.54) is 0 Å². The number of benzene rings is 1. The molecule has 0 bridgehead atoms. The first kappa shape index (κ1) is 7.59. The number of anilines is 1. The number of fused-ring (bicyclic) bond motifs is 1. The minimum atomic E-state index is -0.123. The molecule has 1 aliphatic heterocycles. The molecule has 0 amide bonds. The highest BCUT2D eigenvalue weighted by Gasteiger charge is 2.20. The second-order valence-corrected chi connectivity index (χ2v) is 3.47. The summed E-state index contributed by atoms with van der Waals surface area (Å²) in [6.07, 6.45) is 0. The lowest BCUT2D eigenvalue weighted by atomic mass is 10.0. The van der Waals surface area contributed by atoms with Gasteiger partial charge in [0.25, 0.3) is 0 Å². The highest BCUT2D eigenvalue weighted by atomic mass is 19.1. The molecule has 1 aliphatic rings. The number of nitrogens with one attached hydrogen (secondary N) is 1. The van der Waals surface area contributed by atoms with Crippen LogP contribution in [0, 0.1) is 12.7 Å². The van der Waals surface area contributed by atoms with Gasteiger partial charge in [0.15, 0.2) is 0 Å². The van der Waals surface area contributed by atoms with Crippen LogP contribution in [0.3, 0.4) is 0 Å². The summed E-state index contributed by atoms with van der Waals surface area (Å²) in [5.74, 6) is 0.316. The van der Waals surface area contributed by atoms with Crippen molar-refractivity contribution in [2.75, 3.05) is 11.9 Å². The van der Waals surface area contributed by atoms with Crippen molar-refractivity contribution in [1.29, 1.82) is 0 Å². The third-order valence-corrected chi connectivity index (χ3v) is 2.45. The van der Waals surface area contributed by atoms with Gasteiger partial charge < -0.3 is 5.32 Å². The van der Waals surface area contributed by atoms with Gasteiger partial charge >= 0.3 is 0 Å². The Morgan fingerprint density at radius 1 is 1.50 bits per heavy atom. The summed E-state index contributed by atoms with van der Waals surface area (Å²) < 4.78 is 13.0. The Kier molecular flexibility index (Phi) is 1.56. The molecule has 1 aromatic rings. The van der Waals surface area contributed by atoms with Gasteiger partial charge in [0, 0.05) is 18.2 Å². The van der Waals surface area contributed by atoms with E-state index < -0.39 is 0 Å². The van der Waals surface area contributed by atoms with Crippen molar-refractivity contribution in [3.8, 4) is 0 Å². The molecule has 0 radical (unpaired) electrons. The van der Waals surface area contributed by atoms with Crippen molar-refractivity contribution in [2.45, 2.75) is 19.8 Å². The highest BCUT2D eigenvalue weighted by Crippen LogP contribution is 2.34. The fourth-order valence-electron chi connectivity index (χ4n) is 1.76. The zero-order valence-electron chi connectivity index (χ0n) is 7.32. The normalized spacial score (nSPS) is 20.4. The van der Waals surface area contributed by atoms with Crippen LogP contribution in [0.5, 0.6) is 0 Å². The molecule has 0 saturated carbocycles. The van der Waals surface area contributed by atoms with Gasteiger partial charge in [-0.25, -0.2) is 4.39 Å². The van der Waals surface area contributed by atoms with Crippen molar-refractivity contribution in [3.05, 3.63) is 29.1 Å². The molecule has 0 aromatic heterocycles. The van der Waals surface area contributed by atoms with Gasteiger partial charge in [0.05, 0.1) is 0 Å². The molecular weight excluding hydrogens is 153 g/mol. The van der Waals surface area contributed by atoms with Gasteiger partial charge in [0.2, 0.25) is 0 Å². The van der Waals surface area contributed by atoms with E-state index >= 15 is 0 Å². The predicted molar refractivity (Wildman–Crippen MR) is 48.0 cm³/mol. The lowest BCUT2D eigenvalue weighted by molar-refractivity contribution is 0.623. The average molecular weight is 165 g/mol. The minimum absolute atomic E-state index is 0.123. The van der Waals surface area contributed by atoms with Crippen LogP contribution in [-0.2, 0) is 0 Å². The zero-order chi connectivity index (χ0) is 8.72. The Labute approximate surface area is 71.6 Å². The molecule has 12 heavy (non-hydrogen) atoms. The highest BCUT2D eigenvalue weighted by molar-refractivity contribution is 5.62. The number of aryl methyl sites for hydroxylation is 1. The summed E-state index contributed by atoms with van der Waals surface area (Å²) in [6, 6.07) is 3.21. The van der Waals surface area contributed by atoms with E-state index in [4.69, 9.17) is 0 Å². The molecule has 1 N–H and O–H groups in total. The average Bonchev–Trinajstić information content (AvgIpc) is 2.33. The molecular formula is C10H12FN. The second kappa shape index (κ2) is 2.47. The quantitative estimate of drug-likeness (QED) is 0.623. The number of rotatable bonds is 0. The van der Waals surface area contributed by atoms with Crippen LogP contribution in [0.2, 0.25) is 0 Å². The third kappa shape index (κ3) is 0.986. The van der Waals surface area contributed by atoms with Crippen LogP contribution in [0.1, 0.15) is 24.0 Å². The molecule has 1 atom stereocenters. The maximum atomic E-state index is 13.0. The smallest absolute Gasteiger partial charge is 0.123 e. The first-order valence-electron chi connectivity index (χ1n) is 4.22. The molecule has 0 saturated heterocycles. The van der Waals surface area contributed by atoms with Crippen molar-refractivity contribution >= 4 is 5.69 Å². The maximum absolute atomic E-state index is 13.0. The van der Waals surface area contributed by atoms with E-state index in [0.717, 1.165) is 23.4 Å². The lowest BCUT2D eigenvalue weighted by Crippen LogP contribution is -1.96. The van der Waals surface area contributed by atoms with Crippen molar-refractivity contribution in [1.82, 2.24) is 0 Å². The third-order valence-electron chi connectivity index (χ3n) is 2.45. The topological polar surface area (TPSA) is 12.0 Å². The summed E-state index contributed by atoms with van der Waals surface area (Å²) in [4.78, 5) is 0. The van der Waals surface area contributed by atoms with E-state index in [1.807, 2.05) is 6.92 Å². The molecule has 0 fully saturated rings. The van der Waals surface area contributed by atoms with Gasteiger partial charge in [-0.3, -0.25) is 0 Å². The second-order valence-electron chi connectivity index (χ2n) is 3.47.